The molecule has 0 amide bonds. The van der Waals surface area contributed by atoms with E-state index in [9.17, 15) is 0 Å². The number of nitrogens with zero attached hydrogens (tertiary/aromatic N) is 1. The predicted octanol–water partition coefficient (Wildman–Crippen LogP) is 3.67. The van der Waals surface area contributed by atoms with Gasteiger partial charge in [-0.25, -0.2) is 0 Å². The SMILES string of the molecule is CC(C)N1CCCC(CCC2(C(C)C)CCCN2)C1. The van der Waals surface area contributed by atoms with Crippen molar-refractivity contribution in [3.05, 3.63) is 0 Å². The van der Waals surface area contributed by atoms with Gasteiger partial charge >= 0.3 is 0 Å². The zero-order valence-corrected chi connectivity index (χ0v) is 13.5. The van der Waals surface area contributed by atoms with E-state index >= 15 is 0 Å². The van der Waals surface area contributed by atoms with Gasteiger partial charge in [0.05, 0.1) is 0 Å². The zero-order valence-electron chi connectivity index (χ0n) is 13.5. The summed E-state index contributed by atoms with van der Waals surface area (Å²) in [6.07, 6.45) is 8.45. The maximum atomic E-state index is 3.83. The van der Waals surface area contributed by atoms with E-state index in [0.717, 1.165) is 17.9 Å². The van der Waals surface area contributed by atoms with Crippen LogP contribution in [0.1, 0.15) is 66.2 Å². The molecule has 2 saturated heterocycles. The van der Waals surface area contributed by atoms with Gasteiger partial charge in [0.25, 0.3) is 0 Å². The van der Waals surface area contributed by atoms with Crippen LogP contribution in [0.3, 0.4) is 0 Å². The van der Waals surface area contributed by atoms with Crippen molar-refractivity contribution < 1.29 is 0 Å². The van der Waals surface area contributed by atoms with E-state index in [1.165, 1.54) is 58.2 Å². The topological polar surface area (TPSA) is 15.3 Å². The Morgan fingerprint density at radius 1 is 1.21 bits per heavy atom. The van der Waals surface area contributed by atoms with Crippen molar-refractivity contribution in [2.75, 3.05) is 19.6 Å². The summed E-state index contributed by atoms with van der Waals surface area (Å²) in [6, 6.07) is 0.728. The lowest BCUT2D eigenvalue weighted by Gasteiger charge is -2.39. The average molecular weight is 266 g/mol. The Labute approximate surface area is 120 Å². The van der Waals surface area contributed by atoms with Crippen molar-refractivity contribution in [3.63, 3.8) is 0 Å². The van der Waals surface area contributed by atoms with Crippen molar-refractivity contribution >= 4 is 0 Å². The summed E-state index contributed by atoms with van der Waals surface area (Å²) >= 11 is 0. The molecular formula is C17H34N2. The first-order valence-corrected chi connectivity index (χ1v) is 8.52. The lowest BCUT2D eigenvalue weighted by Crippen LogP contribution is -2.46. The fourth-order valence-corrected chi connectivity index (χ4v) is 4.09. The monoisotopic (exact) mass is 266 g/mol. The molecule has 112 valence electrons. The van der Waals surface area contributed by atoms with Gasteiger partial charge in [0, 0.05) is 18.1 Å². The summed E-state index contributed by atoms with van der Waals surface area (Å²) < 4.78 is 0. The Bertz CT molecular complexity index is 266. The first-order chi connectivity index (χ1) is 9.03. The second kappa shape index (κ2) is 6.58. The third-order valence-corrected chi connectivity index (χ3v) is 5.66. The van der Waals surface area contributed by atoms with Crippen LogP contribution in [0.15, 0.2) is 0 Å². The van der Waals surface area contributed by atoms with Crippen LogP contribution in [-0.2, 0) is 0 Å². The molecule has 2 rings (SSSR count). The van der Waals surface area contributed by atoms with Gasteiger partial charge in [-0.1, -0.05) is 13.8 Å². The van der Waals surface area contributed by atoms with Crippen LogP contribution in [0.25, 0.3) is 0 Å². The van der Waals surface area contributed by atoms with Gasteiger partial charge in [-0.3, -0.25) is 0 Å². The number of nitrogens with one attached hydrogen (secondary N) is 1. The summed E-state index contributed by atoms with van der Waals surface area (Å²) in [4.78, 5) is 2.68. The van der Waals surface area contributed by atoms with Crippen LogP contribution in [0.5, 0.6) is 0 Å². The Morgan fingerprint density at radius 2 is 2.00 bits per heavy atom. The summed E-state index contributed by atoms with van der Waals surface area (Å²) in [5.74, 6) is 1.72. The molecule has 0 radical (unpaired) electrons. The fraction of sp³-hybridized carbons (Fsp3) is 1.00. The van der Waals surface area contributed by atoms with E-state index in [-0.39, 0.29) is 0 Å². The molecule has 2 aliphatic heterocycles. The van der Waals surface area contributed by atoms with Gasteiger partial charge < -0.3 is 10.2 Å². The third-order valence-electron chi connectivity index (χ3n) is 5.66. The minimum atomic E-state index is 0.458. The van der Waals surface area contributed by atoms with Crippen LogP contribution in [-0.4, -0.2) is 36.1 Å². The molecule has 2 nitrogen and oxygen atoms in total. The smallest absolute Gasteiger partial charge is 0.0205 e. The molecule has 0 aromatic carbocycles. The lowest BCUT2D eigenvalue weighted by atomic mass is 9.78. The highest BCUT2D eigenvalue weighted by Gasteiger charge is 2.36. The highest BCUT2D eigenvalue weighted by molar-refractivity contribution is 4.96. The predicted molar refractivity (Wildman–Crippen MR) is 83.5 cm³/mol. The van der Waals surface area contributed by atoms with Crippen LogP contribution in [0, 0.1) is 11.8 Å². The maximum absolute atomic E-state index is 3.83. The molecule has 0 spiro atoms. The van der Waals surface area contributed by atoms with Crippen LogP contribution in [0.2, 0.25) is 0 Å². The van der Waals surface area contributed by atoms with Crippen molar-refractivity contribution in [2.24, 2.45) is 11.8 Å². The van der Waals surface area contributed by atoms with Crippen molar-refractivity contribution in [3.8, 4) is 0 Å². The highest BCUT2D eigenvalue weighted by atomic mass is 15.2. The van der Waals surface area contributed by atoms with E-state index in [1.54, 1.807) is 0 Å². The second-order valence-electron chi connectivity index (χ2n) is 7.48. The number of likely N-dealkylation sites (tertiary alicyclic amines) is 1. The molecule has 2 atom stereocenters. The molecule has 0 saturated carbocycles. The Hall–Kier alpha value is -0.0800. The number of hydrogen-bond donors (Lipinski definition) is 1. The summed E-state index contributed by atoms with van der Waals surface area (Å²) in [7, 11) is 0. The van der Waals surface area contributed by atoms with Gasteiger partial charge in [0.2, 0.25) is 0 Å². The maximum Gasteiger partial charge on any atom is 0.0205 e. The van der Waals surface area contributed by atoms with Gasteiger partial charge in [-0.2, -0.15) is 0 Å². The standard InChI is InChI=1S/C17H34N2/c1-14(2)17(9-6-11-18-17)10-8-16-7-5-12-19(13-16)15(3)4/h14-16,18H,5-13H2,1-4H3. The van der Waals surface area contributed by atoms with Crippen LogP contribution in [0.4, 0.5) is 0 Å². The summed E-state index contributed by atoms with van der Waals surface area (Å²) in [6.45, 7) is 13.4. The fourth-order valence-electron chi connectivity index (χ4n) is 4.09. The molecule has 0 aliphatic carbocycles. The van der Waals surface area contributed by atoms with Crippen molar-refractivity contribution in [2.45, 2.75) is 77.8 Å². The third kappa shape index (κ3) is 3.72. The molecule has 1 N–H and O–H groups in total. The largest absolute Gasteiger partial charge is 0.311 e. The minimum Gasteiger partial charge on any atom is -0.311 e. The molecule has 0 aromatic heterocycles. The van der Waals surface area contributed by atoms with Crippen LogP contribution >= 0.6 is 0 Å². The molecule has 0 bridgehead atoms. The summed E-state index contributed by atoms with van der Waals surface area (Å²) in [5, 5.41) is 3.83. The summed E-state index contributed by atoms with van der Waals surface area (Å²) in [5.41, 5.74) is 0.458. The second-order valence-corrected chi connectivity index (χ2v) is 7.48. The number of piperidine rings is 1. The van der Waals surface area contributed by atoms with E-state index in [1.807, 2.05) is 0 Å². The van der Waals surface area contributed by atoms with Gasteiger partial charge in [-0.05, 0) is 77.3 Å². The number of hydrogen-bond acceptors (Lipinski definition) is 2. The highest BCUT2D eigenvalue weighted by Crippen LogP contribution is 2.34. The molecule has 19 heavy (non-hydrogen) atoms. The molecular weight excluding hydrogens is 232 g/mol. The van der Waals surface area contributed by atoms with E-state index in [0.29, 0.717) is 5.54 Å². The molecule has 2 heterocycles. The Morgan fingerprint density at radius 3 is 2.58 bits per heavy atom. The van der Waals surface area contributed by atoms with E-state index < -0.39 is 0 Å². The van der Waals surface area contributed by atoms with E-state index in [4.69, 9.17) is 0 Å². The Kier molecular flexibility index (Phi) is 5.30. The van der Waals surface area contributed by atoms with Crippen molar-refractivity contribution in [1.29, 1.82) is 0 Å². The Balaban J connectivity index is 1.84. The van der Waals surface area contributed by atoms with Gasteiger partial charge in [0.15, 0.2) is 0 Å². The first-order valence-electron chi connectivity index (χ1n) is 8.52. The van der Waals surface area contributed by atoms with E-state index in [2.05, 4.69) is 37.9 Å². The van der Waals surface area contributed by atoms with Gasteiger partial charge in [-0.15, -0.1) is 0 Å². The first kappa shape index (κ1) is 15.3. The molecule has 0 aromatic rings. The lowest BCUT2D eigenvalue weighted by molar-refractivity contribution is 0.123. The minimum absolute atomic E-state index is 0.458. The molecule has 2 heteroatoms. The molecule has 2 unspecified atom stereocenters. The van der Waals surface area contributed by atoms with Crippen molar-refractivity contribution in [1.82, 2.24) is 10.2 Å². The molecule has 2 fully saturated rings. The quantitative estimate of drug-likeness (QED) is 0.817. The molecule has 2 aliphatic rings. The van der Waals surface area contributed by atoms with Crippen LogP contribution < -0.4 is 5.32 Å². The normalized spacial score (nSPS) is 33.5. The number of rotatable bonds is 5. The zero-order chi connectivity index (χ0) is 13.9. The van der Waals surface area contributed by atoms with Gasteiger partial charge in [0.1, 0.15) is 0 Å². The average Bonchev–Trinajstić information content (AvgIpc) is 2.87.